The average Bonchev–Trinajstić information content (AvgIpc) is 3.15. The Bertz CT molecular complexity index is 721. The summed E-state index contributed by atoms with van der Waals surface area (Å²) in [6.45, 7) is 1.77. The highest BCUT2D eigenvalue weighted by molar-refractivity contribution is 7.08. The van der Waals surface area contributed by atoms with Gasteiger partial charge in [0.15, 0.2) is 5.65 Å². The van der Waals surface area contributed by atoms with Crippen molar-refractivity contribution >= 4 is 17.0 Å². The van der Waals surface area contributed by atoms with E-state index in [1.807, 2.05) is 22.8 Å². The molecule has 116 valence electrons. The number of nitrogens with zero attached hydrogens (tertiary/aromatic N) is 4. The summed E-state index contributed by atoms with van der Waals surface area (Å²) < 4.78 is 7.61. The topological polar surface area (TPSA) is 42.7 Å². The molecule has 0 bridgehead atoms. The molecule has 0 amide bonds. The summed E-state index contributed by atoms with van der Waals surface area (Å²) in [5.74, 6) is 0.645. The molecule has 3 heterocycles. The van der Waals surface area contributed by atoms with Crippen LogP contribution in [0.4, 0.5) is 0 Å². The maximum absolute atomic E-state index is 5.76. The van der Waals surface area contributed by atoms with Crippen LogP contribution in [0.3, 0.4) is 0 Å². The van der Waals surface area contributed by atoms with Gasteiger partial charge in [-0.25, -0.2) is 9.50 Å². The van der Waals surface area contributed by atoms with Crippen molar-refractivity contribution in [1.82, 2.24) is 19.5 Å². The molecule has 3 aromatic heterocycles. The minimum atomic E-state index is 0.645. The van der Waals surface area contributed by atoms with E-state index in [0.717, 1.165) is 36.3 Å². The van der Waals surface area contributed by atoms with Crippen molar-refractivity contribution in [1.29, 1.82) is 0 Å². The summed E-state index contributed by atoms with van der Waals surface area (Å²) in [5.41, 5.74) is 2.96. The molecule has 3 rings (SSSR count). The molecule has 0 aliphatic rings. The number of hydrogen-bond donors (Lipinski definition) is 0. The van der Waals surface area contributed by atoms with Crippen molar-refractivity contribution in [3.63, 3.8) is 0 Å². The Hall–Kier alpha value is -1.92. The predicted octanol–water partition coefficient (Wildman–Crippen LogP) is 3.18. The molecule has 5 nitrogen and oxygen atoms in total. The molecule has 0 spiro atoms. The summed E-state index contributed by atoms with van der Waals surface area (Å²) in [7, 11) is 4.17. The quantitative estimate of drug-likeness (QED) is 0.628. The van der Waals surface area contributed by atoms with Gasteiger partial charge in [0.1, 0.15) is 0 Å². The van der Waals surface area contributed by atoms with Crippen LogP contribution < -0.4 is 4.74 Å². The molecule has 0 fully saturated rings. The molecule has 0 saturated heterocycles. The van der Waals surface area contributed by atoms with E-state index >= 15 is 0 Å². The van der Waals surface area contributed by atoms with Crippen LogP contribution in [0.2, 0.25) is 0 Å². The van der Waals surface area contributed by atoms with Crippen molar-refractivity contribution in [2.75, 3.05) is 27.2 Å². The molecule has 3 aromatic rings. The largest absolute Gasteiger partial charge is 0.477 e. The van der Waals surface area contributed by atoms with Crippen molar-refractivity contribution in [2.24, 2.45) is 0 Å². The minimum Gasteiger partial charge on any atom is -0.477 e. The lowest BCUT2D eigenvalue weighted by molar-refractivity contribution is 0.280. The number of rotatable bonds is 7. The van der Waals surface area contributed by atoms with Gasteiger partial charge in [-0.1, -0.05) is 0 Å². The fourth-order valence-electron chi connectivity index (χ4n) is 2.25. The third kappa shape index (κ3) is 3.45. The van der Waals surface area contributed by atoms with Crippen molar-refractivity contribution in [3.8, 4) is 17.1 Å². The van der Waals surface area contributed by atoms with E-state index in [1.165, 1.54) is 0 Å². The summed E-state index contributed by atoms with van der Waals surface area (Å²) in [6.07, 6.45) is 4.00. The first-order chi connectivity index (χ1) is 10.7. The van der Waals surface area contributed by atoms with Crippen LogP contribution in [-0.4, -0.2) is 46.7 Å². The number of hydrogen-bond acceptors (Lipinski definition) is 5. The minimum absolute atomic E-state index is 0.645. The van der Waals surface area contributed by atoms with Crippen LogP contribution >= 0.6 is 11.3 Å². The monoisotopic (exact) mass is 316 g/mol. The molecule has 0 radical (unpaired) electrons. The van der Waals surface area contributed by atoms with Gasteiger partial charge in [0, 0.05) is 17.0 Å². The summed E-state index contributed by atoms with van der Waals surface area (Å²) in [4.78, 5) is 6.57. The Labute approximate surface area is 134 Å². The standard InChI is InChI=1S/C16H20N4OS/c1-19(2)8-3-4-9-21-16-6-5-15-17-11-14(20(15)18-16)13-7-10-22-12-13/h5-7,10-12H,3-4,8-9H2,1-2H3. The van der Waals surface area contributed by atoms with Crippen molar-refractivity contribution < 1.29 is 4.74 Å². The van der Waals surface area contributed by atoms with Crippen LogP contribution in [0.1, 0.15) is 12.8 Å². The molecule has 0 aliphatic heterocycles. The number of thiophene rings is 1. The van der Waals surface area contributed by atoms with Gasteiger partial charge in [0.25, 0.3) is 0 Å². The zero-order chi connectivity index (χ0) is 15.4. The summed E-state index contributed by atoms with van der Waals surface area (Å²) in [5, 5.41) is 8.70. The Balaban J connectivity index is 1.68. The average molecular weight is 316 g/mol. The van der Waals surface area contributed by atoms with E-state index in [1.54, 1.807) is 11.3 Å². The normalized spacial score (nSPS) is 11.4. The summed E-state index contributed by atoms with van der Waals surface area (Å²) >= 11 is 1.67. The Kier molecular flexibility index (Phi) is 4.70. The second kappa shape index (κ2) is 6.89. The lowest BCUT2D eigenvalue weighted by Gasteiger charge is -2.09. The van der Waals surface area contributed by atoms with E-state index < -0.39 is 0 Å². The molecule has 0 N–H and O–H groups in total. The molecule has 6 heteroatoms. The van der Waals surface area contributed by atoms with E-state index in [-0.39, 0.29) is 0 Å². The third-order valence-corrected chi connectivity index (χ3v) is 4.09. The Morgan fingerprint density at radius 2 is 2.14 bits per heavy atom. The molecular formula is C16H20N4OS. The van der Waals surface area contributed by atoms with Gasteiger partial charge in [-0.3, -0.25) is 0 Å². The smallest absolute Gasteiger partial charge is 0.231 e. The van der Waals surface area contributed by atoms with Crippen LogP contribution in [-0.2, 0) is 0 Å². The maximum atomic E-state index is 5.76. The second-order valence-corrected chi connectivity index (χ2v) is 6.24. The molecule has 22 heavy (non-hydrogen) atoms. The Morgan fingerprint density at radius 1 is 1.23 bits per heavy atom. The zero-order valence-electron chi connectivity index (χ0n) is 12.9. The molecule has 0 saturated carbocycles. The lowest BCUT2D eigenvalue weighted by Crippen LogP contribution is -2.14. The third-order valence-electron chi connectivity index (χ3n) is 3.40. The van der Waals surface area contributed by atoms with E-state index in [9.17, 15) is 0 Å². The van der Waals surface area contributed by atoms with Gasteiger partial charge in [0.2, 0.25) is 5.88 Å². The van der Waals surface area contributed by atoms with Gasteiger partial charge in [-0.15, -0.1) is 5.10 Å². The first kappa shape index (κ1) is 15.0. The summed E-state index contributed by atoms with van der Waals surface area (Å²) in [6, 6.07) is 5.90. The SMILES string of the molecule is CN(C)CCCCOc1ccc2ncc(-c3ccsc3)n2n1. The highest BCUT2D eigenvalue weighted by atomic mass is 32.1. The van der Waals surface area contributed by atoms with Crippen LogP contribution in [0, 0.1) is 0 Å². The van der Waals surface area contributed by atoms with Crippen LogP contribution in [0.5, 0.6) is 5.88 Å². The number of aromatic nitrogens is 3. The number of ether oxygens (including phenoxy) is 1. The number of imidazole rings is 1. The zero-order valence-corrected chi connectivity index (χ0v) is 13.7. The predicted molar refractivity (Wildman–Crippen MR) is 89.6 cm³/mol. The lowest BCUT2D eigenvalue weighted by atomic mass is 10.3. The van der Waals surface area contributed by atoms with Crippen molar-refractivity contribution in [3.05, 3.63) is 35.2 Å². The fraction of sp³-hybridized carbons (Fsp3) is 0.375. The van der Waals surface area contributed by atoms with E-state index in [4.69, 9.17) is 4.74 Å². The highest BCUT2D eigenvalue weighted by Crippen LogP contribution is 2.23. The van der Waals surface area contributed by atoms with Gasteiger partial charge >= 0.3 is 0 Å². The molecular weight excluding hydrogens is 296 g/mol. The van der Waals surface area contributed by atoms with Crippen LogP contribution in [0.25, 0.3) is 16.9 Å². The maximum Gasteiger partial charge on any atom is 0.231 e. The molecule has 0 atom stereocenters. The highest BCUT2D eigenvalue weighted by Gasteiger charge is 2.08. The number of unbranched alkanes of at least 4 members (excludes halogenated alkanes) is 1. The first-order valence-electron chi connectivity index (χ1n) is 7.39. The fourth-order valence-corrected chi connectivity index (χ4v) is 2.90. The molecule has 0 aromatic carbocycles. The number of fused-ring (bicyclic) bond motifs is 1. The van der Waals surface area contributed by atoms with Crippen LogP contribution in [0.15, 0.2) is 35.2 Å². The van der Waals surface area contributed by atoms with E-state index in [0.29, 0.717) is 12.5 Å². The first-order valence-corrected chi connectivity index (χ1v) is 8.33. The molecule has 0 aliphatic carbocycles. The van der Waals surface area contributed by atoms with Gasteiger partial charge in [-0.2, -0.15) is 11.3 Å². The van der Waals surface area contributed by atoms with Gasteiger partial charge in [-0.05, 0) is 51.0 Å². The van der Waals surface area contributed by atoms with Crippen molar-refractivity contribution in [2.45, 2.75) is 12.8 Å². The van der Waals surface area contributed by atoms with E-state index in [2.05, 4.69) is 45.9 Å². The Morgan fingerprint density at radius 3 is 2.91 bits per heavy atom. The van der Waals surface area contributed by atoms with Gasteiger partial charge < -0.3 is 9.64 Å². The second-order valence-electron chi connectivity index (χ2n) is 5.46. The van der Waals surface area contributed by atoms with Gasteiger partial charge in [0.05, 0.1) is 18.5 Å². The molecule has 0 unspecified atom stereocenters.